The molecule has 1 N–H and O–H groups in total. The molecule has 0 aliphatic rings. The summed E-state index contributed by atoms with van der Waals surface area (Å²) in [6, 6.07) is 16.5. The lowest BCUT2D eigenvalue weighted by Gasteiger charge is -2.20. The standard InChI is InChI=1S/C30H28N2O4/c1-7-19-20(9-11-27(33-3)30(19)36-6)21-13-23(18-8-10-25-26(12-18)32-16-31-25)24-15-29(35-5)28(34-4)14-22(24)17(21)2/h7-16H,1H2,2-6H3,(H,31,32). The van der Waals surface area contributed by atoms with E-state index < -0.39 is 0 Å². The largest absolute Gasteiger partial charge is 0.493 e. The van der Waals surface area contributed by atoms with Crippen molar-refractivity contribution < 1.29 is 18.9 Å². The van der Waals surface area contributed by atoms with E-state index in [4.69, 9.17) is 18.9 Å². The molecule has 0 amide bonds. The molecule has 5 aromatic rings. The highest BCUT2D eigenvalue weighted by Crippen LogP contribution is 2.45. The Hall–Kier alpha value is -4.45. The van der Waals surface area contributed by atoms with E-state index in [1.165, 1.54) is 0 Å². The van der Waals surface area contributed by atoms with Crippen LogP contribution in [0, 0.1) is 6.92 Å². The van der Waals surface area contributed by atoms with E-state index in [0.29, 0.717) is 23.0 Å². The maximum absolute atomic E-state index is 5.72. The smallest absolute Gasteiger partial charge is 0.168 e. The average molecular weight is 481 g/mol. The van der Waals surface area contributed by atoms with Gasteiger partial charge in [0.1, 0.15) is 0 Å². The van der Waals surface area contributed by atoms with Crippen LogP contribution in [-0.2, 0) is 0 Å². The summed E-state index contributed by atoms with van der Waals surface area (Å²) in [7, 11) is 6.58. The number of hydrogen-bond acceptors (Lipinski definition) is 5. The van der Waals surface area contributed by atoms with Gasteiger partial charge < -0.3 is 23.9 Å². The molecule has 1 aromatic heterocycles. The predicted molar refractivity (Wildman–Crippen MR) is 146 cm³/mol. The third kappa shape index (κ3) is 3.62. The number of nitrogens with zero attached hydrogens (tertiary/aromatic N) is 1. The van der Waals surface area contributed by atoms with Gasteiger partial charge in [-0.2, -0.15) is 0 Å². The van der Waals surface area contributed by atoms with Crippen molar-refractivity contribution in [1.82, 2.24) is 9.97 Å². The van der Waals surface area contributed by atoms with Crippen molar-refractivity contribution in [3.05, 3.63) is 72.6 Å². The molecule has 0 aliphatic heterocycles. The second-order valence-electron chi connectivity index (χ2n) is 8.45. The maximum Gasteiger partial charge on any atom is 0.168 e. The number of benzene rings is 4. The summed E-state index contributed by atoms with van der Waals surface area (Å²) in [6.07, 6.45) is 3.52. The second kappa shape index (κ2) is 9.30. The minimum Gasteiger partial charge on any atom is -0.493 e. The lowest BCUT2D eigenvalue weighted by Crippen LogP contribution is -1.98. The number of hydrogen-bond donors (Lipinski definition) is 1. The summed E-state index contributed by atoms with van der Waals surface area (Å²) in [5, 5.41) is 2.12. The van der Waals surface area contributed by atoms with Crippen LogP contribution in [0.5, 0.6) is 23.0 Å². The van der Waals surface area contributed by atoms with Crippen molar-refractivity contribution >= 4 is 27.9 Å². The zero-order chi connectivity index (χ0) is 25.4. The molecular weight excluding hydrogens is 452 g/mol. The zero-order valence-corrected chi connectivity index (χ0v) is 21.1. The fraction of sp³-hybridized carbons (Fsp3) is 0.167. The molecule has 182 valence electrons. The van der Waals surface area contributed by atoms with Crippen molar-refractivity contribution in [1.29, 1.82) is 0 Å². The normalized spacial score (nSPS) is 11.0. The molecule has 0 saturated carbocycles. The highest BCUT2D eigenvalue weighted by atomic mass is 16.5. The number of nitrogens with one attached hydrogen (secondary N) is 1. The van der Waals surface area contributed by atoms with Crippen molar-refractivity contribution in [3.63, 3.8) is 0 Å². The molecule has 6 heteroatoms. The van der Waals surface area contributed by atoms with Crippen molar-refractivity contribution in [3.8, 4) is 45.3 Å². The highest BCUT2D eigenvalue weighted by Gasteiger charge is 2.20. The maximum atomic E-state index is 5.72. The summed E-state index contributed by atoms with van der Waals surface area (Å²) in [6.45, 7) is 6.19. The fourth-order valence-electron chi connectivity index (χ4n) is 4.89. The van der Waals surface area contributed by atoms with Gasteiger partial charge in [0.05, 0.1) is 45.8 Å². The van der Waals surface area contributed by atoms with E-state index >= 15 is 0 Å². The van der Waals surface area contributed by atoms with Gasteiger partial charge in [0.25, 0.3) is 0 Å². The van der Waals surface area contributed by atoms with Gasteiger partial charge in [-0.15, -0.1) is 0 Å². The van der Waals surface area contributed by atoms with Gasteiger partial charge >= 0.3 is 0 Å². The average Bonchev–Trinajstić information content (AvgIpc) is 3.39. The Morgan fingerprint density at radius 2 is 1.47 bits per heavy atom. The third-order valence-corrected chi connectivity index (χ3v) is 6.72. The van der Waals surface area contributed by atoms with Gasteiger partial charge in [-0.25, -0.2) is 4.98 Å². The molecule has 0 radical (unpaired) electrons. The van der Waals surface area contributed by atoms with Crippen molar-refractivity contribution in [2.45, 2.75) is 6.92 Å². The third-order valence-electron chi connectivity index (χ3n) is 6.72. The van der Waals surface area contributed by atoms with Crippen LogP contribution in [0.1, 0.15) is 11.1 Å². The van der Waals surface area contributed by atoms with Gasteiger partial charge in [0, 0.05) is 5.56 Å². The van der Waals surface area contributed by atoms with E-state index in [0.717, 1.165) is 55.2 Å². The lowest BCUT2D eigenvalue weighted by molar-refractivity contribution is 0.354. The minimum absolute atomic E-state index is 0.649. The summed E-state index contributed by atoms with van der Waals surface area (Å²) in [4.78, 5) is 7.64. The van der Waals surface area contributed by atoms with E-state index in [9.17, 15) is 0 Å². The molecule has 0 bridgehead atoms. The van der Waals surface area contributed by atoms with Gasteiger partial charge in [-0.05, 0) is 88.0 Å². The molecular formula is C30H28N2O4. The monoisotopic (exact) mass is 480 g/mol. The SMILES string of the molecule is C=Cc1c(-c2cc(-c3ccc4[nH]cnc4c3)c3cc(OC)c(OC)cc3c2C)ccc(OC)c1OC. The van der Waals surface area contributed by atoms with Gasteiger partial charge in [0.15, 0.2) is 23.0 Å². The van der Waals surface area contributed by atoms with E-state index in [2.05, 4.69) is 47.7 Å². The Kier molecular flexibility index (Phi) is 6.02. The Labute approximate surface area is 210 Å². The topological polar surface area (TPSA) is 65.6 Å². The van der Waals surface area contributed by atoms with Gasteiger partial charge in [-0.3, -0.25) is 0 Å². The molecule has 1 heterocycles. The van der Waals surface area contributed by atoms with Crippen LogP contribution in [0.4, 0.5) is 0 Å². The Balaban J connectivity index is 1.89. The fourth-order valence-corrected chi connectivity index (χ4v) is 4.89. The first-order valence-electron chi connectivity index (χ1n) is 11.5. The van der Waals surface area contributed by atoms with Gasteiger partial charge in [0.2, 0.25) is 0 Å². The number of fused-ring (bicyclic) bond motifs is 2. The molecule has 0 atom stereocenters. The van der Waals surface area contributed by atoms with Crippen LogP contribution in [0.15, 0.2) is 61.4 Å². The first kappa shape index (κ1) is 23.3. The molecule has 0 fully saturated rings. The highest BCUT2D eigenvalue weighted by molar-refractivity contribution is 6.05. The molecule has 0 saturated heterocycles. The van der Waals surface area contributed by atoms with E-state index in [1.807, 2.05) is 30.3 Å². The molecule has 0 unspecified atom stereocenters. The quantitative estimate of drug-likeness (QED) is 0.271. The number of aromatic amines is 1. The number of ether oxygens (including phenoxy) is 4. The summed E-state index contributed by atoms with van der Waals surface area (Å²) >= 11 is 0. The molecule has 4 aromatic carbocycles. The van der Waals surface area contributed by atoms with E-state index in [-0.39, 0.29) is 0 Å². The molecule has 5 rings (SSSR count). The summed E-state index contributed by atoms with van der Waals surface area (Å²) in [5.41, 5.74) is 8.03. The van der Waals surface area contributed by atoms with Crippen LogP contribution in [-0.4, -0.2) is 38.4 Å². The molecule has 0 aliphatic carbocycles. The lowest BCUT2D eigenvalue weighted by atomic mass is 9.87. The van der Waals surface area contributed by atoms with E-state index in [1.54, 1.807) is 34.8 Å². The second-order valence-corrected chi connectivity index (χ2v) is 8.45. The number of aryl methyl sites for hydroxylation is 1. The number of aromatic nitrogens is 2. The van der Waals surface area contributed by atoms with Crippen molar-refractivity contribution in [2.75, 3.05) is 28.4 Å². The minimum atomic E-state index is 0.649. The molecule has 6 nitrogen and oxygen atoms in total. The predicted octanol–water partition coefficient (Wildman–Crippen LogP) is 7.04. The van der Waals surface area contributed by atoms with Gasteiger partial charge in [-0.1, -0.05) is 18.7 Å². The van der Waals surface area contributed by atoms with Crippen molar-refractivity contribution in [2.24, 2.45) is 0 Å². The van der Waals surface area contributed by atoms with Crippen LogP contribution >= 0.6 is 0 Å². The number of methoxy groups -OCH3 is 4. The number of H-pyrrole nitrogens is 1. The van der Waals surface area contributed by atoms with Crippen LogP contribution in [0.25, 0.3) is 50.1 Å². The number of rotatable bonds is 7. The summed E-state index contributed by atoms with van der Waals surface area (Å²) in [5.74, 6) is 2.66. The number of imidazole rings is 1. The Morgan fingerprint density at radius 1 is 0.750 bits per heavy atom. The van der Waals surface area contributed by atoms with Crippen LogP contribution in [0.3, 0.4) is 0 Å². The van der Waals surface area contributed by atoms with Crippen LogP contribution < -0.4 is 18.9 Å². The van der Waals surface area contributed by atoms with Crippen LogP contribution in [0.2, 0.25) is 0 Å². The zero-order valence-electron chi connectivity index (χ0n) is 21.1. The summed E-state index contributed by atoms with van der Waals surface area (Å²) < 4.78 is 22.6. The Morgan fingerprint density at radius 3 is 2.14 bits per heavy atom. The molecule has 0 spiro atoms. The Bertz CT molecular complexity index is 1620. The first-order valence-corrected chi connectivity index (χ1v) is 11.5. The molecule has 36 heavy (non-hydrogen) atoms. The first-order chi connectivity index (χ1) is 17.5.